The fourth-order valence-corrected chi connectivity index (χ4v) is 3.93. The third-order valence-electron chi connectivity index (χ3n) is 4.12. The quantitative estimate of drug-likeness (QED) is 0.462. The first kappa shape index (κ1) is 19.5. The first-order valence-electron chi connectivity index (χ1n) is 8.32. The van der Waals surface area contributed by atoms with Gasteiger partial charge in [0.25, 0.3) is 11.9 Å². The molecule has 0 saturated heterocycles. The van der Waals surface area contributed by atoms with Crippen LogP contribution in [-0.4, -0.2) is 34.7 Å². The van der Waals surface area contributed by atoms with Gasteiger partial charge in [0, 0.05) is 27.6 Å². The molecule has 2 aromatic carbocycles. The topological polar surface area (TPSA) is 77.8 Å². The average molecular weight is 449 g/mol. The third kappa shape index (κ3) is 3.87. The van der Waals surface area contributed by atoms with Crippen molar-refractivity contribution in [1.29, 1.82) is 0 Å². The summed E-state index contributed by atoms with van der Waals surface area (Å²) in [7, 11) is 3.04. The van der Waals surface area contributed by atoms with Crippen molar-refractivity contribution in [3.8, 4) is 22.8 Å². The number of carbonyl (C=O) groups excluding carboxylic acids is 1. The minimum atomic E-state index is -0.386. The molecule has 0 unspecified atom stereocenters. The lowest BCUT2D eigenvalue weighted by molar-refractivity contribution is 0.102. The number of nitrogens with zero attached hydrogens (tertiary/aromatic N) is 3. The summed E-state index contributed by atoms with van der Waals surface area (Å²) < 4.78 is 12.0. The van der Waals surface area contributed by atoms with Crippen LogP contribution in [0.25, 0.3) is 16.2 Å². The molecule has 0 fully saturated rings. The molecular formula is C19H14Cl2N4O3S. The molecule has 148 valence electrons. The van der Waals surface area contributed by atoms with Crippen molar-refractivity contribution in [2.75, 3.05) is 19.5 Å². The molecule has 2 heterocycles. The molecule has 1 N–H and O–H groups in total. The Morgan fingerprint density at radius 1 is 1.10 bits per heavy atom. The summed E-state index contributed by atoms with van der Waals surface area (Å²) in [6.07, 6.45) is 0. The zero-order chi connectivity index (χ0) is 20.5. The number of aromatic nitrogens is 3. The monoisotopic (exact) mass is 448 g/mol. The Morgan fingerprint density at radius 2 is 1.83 bits per heavy atom. The van der Waals surface area contributed by atoms with E-state index >= 15 is 0 Å². The maximum absolute atomic E-state index is 12.7. The Labute approximate surface area is 179 Å². The smallest absolute Gasteiger partial charge is 0.258 e. The summed E-state index contributed by atoms with van der Waals surface area (Å²) in [4.78, 5) is 17.6. The van der Waals surface area contributed by atoms with Crippen LogP contribution >= 0.6 is 34.5 Å². The predicted molar refractivity (Wildman–Crippen MR) is 114 cm³/mol. The number of benzene rings is 2. The lowest BCUT2D eigenvalue weighted by Gasteiger charge is -2.07. The molecule has 0 spiro atoms. The molecule has 0 radical (unpaired) electrons. The Kier molecular flexibility index (Phi) is 5.31. The van der Waals surface area contributed by atoms with Crippen LogP contribution in [0.2, 0.25) is 10.0 Å². The highest BCUT2D eigenvalue weighted by Gasteiger charge is 2.17. The van der Waals surface area contributed by atoms with Crippen molar-refractivity contribution < 1.29 is 14.3 Å². The van der Waals surface area contributed by atoms with Crippen LogP contribution in [-0.2, 0) is 0 Å². The number of thiazole rings is 1. The summed E-state index contributed by atoms with van der Waals surface area (Å²) >= 11 is 13.8. The molecule has 4 aromatic rings. The highest BCUT2D eigenvalue weighted by atomic mass is 35.5. The van der Waals surface area contributed by atoms with Gasteiger partial charge in [0.1, 0.15) is 11.5 Å². The SMILES string of the molecule is COc1cc(OC)cc(C(=O)Nc2nc3scc(-c4cc(Cl)ccc4Cl)n3n2)c1. The van der Waals surface area contributed by atoms with Gasteiger partial charge in [-0.3, -0.25) is 10.1 Å². The highest BCUT2D eigenvalue weighted by molar-refractivity contribution is 7.15. The van der Waals surface area contributed by atoms with Gasteiger partial charge in [-0.15, -0.1) is 16.4 Å². The Hall–Kier alpha value is -2.81. The third-order valence-corrected chi connectivity index (χ3v) is 5.51. The van der Waals surface area contributed by atoms with Gasteiger partial charge in [0.05, 0.1) is 24.9 Å². The van der Waals surface area contributed by atoms with E-state index in [1.54, 1.807) is 40.9 Å². The molecule has 4 rings (SSSR count). The molecule has 29 heavy (non-hydrogen) atoms. The number of ether oxygens (including phenoxy) is 2. The van der Waals surface area contributed by atoms with E-state index in [2.05, 4.69) is 15.4 Å². The van der Waals surface area contributed by atoms with Crippen LogP contribution in [0.1, 0.15) is 10.4 Å². The van der Waals surface area contributed by atoms with Crippen LogP contribution in [0.4, 0.5) is 5.95 Å². The van der Waals surface area contributed by atoms with Crippen molar-refractivity contribution >= 4 is 51.4 Å². The molecule has 0 bridgehead atoms. The van der Waals surface area contributed by atoms with E-state index in [0.29, 0.717) is 32.1 Å². The number of rotatable bonds is 5. The minimum Gasteiger partial charge on any atom is -0.497 e. The first-order chi connectivity index (χ1) is 14.0. The van der Waals surface area contributed by atoms with Crippen LogP contribution in [0.15, 0.2) is 41.8 Å². The second-order valence-corrected chi connectivity index (χ2v) is 7.61. The first-order valence-corrected chi connectivity index (χ1v) is 9.96. The molecule has 7 nitrogen and oxygen atoms in total. The number of hydrogen-bond acceptors (Lipinski definition) is 6. The van der Waals surface area contributed by atoms with Crippen LogP contribution in [0, 0.1) is 0 Å². The zero-order valence-electron chi connectivity index (χ0n) is 15.3. The molecule has 0 saturated carbocycles. The maximum atomic E-state index is 12.7. The van der Waals surface area contributed by atoms with E-state index < -0.39 is 0 Å². The minimum absolute atomic E-state index is 0.169. The summed E-state index contributed by atoms with van der Waals surface area (Å²) in [5.74, 6) is 0.795. The summed E-state index contributed by atoms with van der Waals surface area (Å²) in [6.45, 7) is 0. The Balaban J connectivity index is 1.65. The maximum Gasteiger partial charge on any atom is 0.258 e. The van der Waals surface area contributed by atoms with Gasteiger partial charge < -0.3 is 9.47 Å². The number of anilines is 1. The van der Waals surface area contributed by atoms with Crippen molar-refractivity contribution in [3.05, 3.63) is 57.4 Å². The van der Waals surface area contributed by atoms with Crippen molar-refractivity contribution in [2.45, 2.75) is 0 Å². The lowest BCUT2D eigenvalue weighted by Crippen LogP contribution is -2.13. The van der Waals surface area contributed by atoms with Gasteiger partial charge in [-0.05, 0) is 30.3 Å². The predicted octanol–water partition coefficient (Wildman–Crippen LogP) is 5.03. The molecule has 0 atom stereocenters. The Bertz CT molecular complexity index is 1200. The normalized spacial score (nSPS) is 10.9. The summed E-state index contributed by atoms with van der Waals surface area (Å²) in [6, 6.07) is 10.1. The van der Waals surface area contributed by atoms with E-state index in [1.165, 1.54) is 25.6 Å². The molecule has 1 amide bonds. The number of nitrogens with one attached hydrogen (secondary N) is 1. The van der Waals surface area contributed by atoms with Crippen LogP contribution in [0.3, 0.4) is 0 Å². The molecule has 0 aliphatic heterocycles. The van der Waals surface area contributed by atoms with E-state index in [-0.39, 0.29) is 11.9 Å². The molecule has 0 aliphatic rings. The number of carbonyl (C=O) groups is 1. The van der Waals surface area contributed by atoms with Crippen molar-refractivity contribution in [2.24, 2.45) is 0 Å². The molecular weight excluding hydrogens is 435 g/mol. The van der Waals surface area contributed by atoms with Crippen LogP contribution < -0.4 is 14.8 Å². The van der Waals surface area contributed by atoms with Gasteiger partial charge in [-0.2, -0.15) is 4.98 Å². The Morgan fingerprint density at radius 3 is 2.52 bits per heavy atom. The second-order valence-electron chi connectivity index (χ2n) is 5.93. The fraction of sp³-hybridized carbons (Fsp3) is 0.105. The van der Waals surface area contributed by atoms with Crippen molar-refractivity contribution in [1.82, 2.24) is 14.6 Å². The summed E-state index contributed by atoms with van der Waals surface area (Å²) in [5.41, 5.74) is 1.82. The molecule has 10 heteroatoms. The van der Waals surface area contributed by atoms with Gasteiger partial charge in [0.2, 0.25) is 4.96 Å². The zero-order valence-corrected chi connectivity index (χ0v) is 17.6. The number of halogens is 2. The second kappa shape index (κ2) is 7.90. The average Bonchev–Trinajstić information content (AvgIpc) is 3.29. The van der Waals surface area contributed by atoms with E-state index in [9.17, 15) is 4.79 Å². The number of fused-ring (bicyclic) bond motifs is 1. The fourth-order valence-electron chi connectivity index (χ4n) is 2.73. The highest BCUT2D eigenvalue weighted by Crippen LogP contribution is 2.33. The number of methoxy groups -OCH3 is 2. The number of amides is 1. The lowest BCUT2D eigenvalue weighted by atomic mass is 10.2. The standard InChI is InChI=1S/C19H14Cl2N4O3S/c1-27-12-5-10(6-13(8-12)28-2)17(26)22-18-23-19-25(24-18)16(9-29-19)14-7-11(20)3-4-15(14)21/h3-9H,1-2H3,(H,22,24,26). The largest absolute Gasteiger partial charge is 0.497 e. The van der Waals surface area contributed by atoms with Gasteiger partial charge in [-0.25, -0.2) is 4.52 Å². The molecule has 2 aromatic heterocycles. The van der Waals surface area contributed by atoms with E-state index in [4.69, 9.17) is 32.7 Å². The summed E-state index contributed by atoms with van der Waals surface area (Å²) in [5, 5.41) is 10.1. The van der Waals surface area contributed by atoms with Crippen molar-refractivity contribution in [3.63, 3.8) is 0 Å². The van der Waals surface area contributed by atoms with Crippen LogP contribution in [0.5, 0.6) is 11.5 Å². The molecule has 0 aliphatic carbocycles. The van der Waals surface area contributed by atoms with Gasteiger partial charge >= 0.3 is 0 Å². The number of hydrogen-bond donors (Lipinski definition) is 1. The van der Waals surface area contributed by atoms with E-state index in [0.717, 1.165) is 11.3 Å². The van der Waals surface area contributed by atoms with Gasteiger partial charge in [0.15, 0.2) is 0 Å². The van der Waals surface area contributed by atoms with Gasteiger partial charge in [-0.1, -0.05) is 23.2 Å². The van der Waals surface area contributed by atoms with E-state index in [1.807, 2.05) is 5.38 Å².